The van der Waals surface area contributed by atoms with Crippen LogP contribution in [0.3, 0.4) is 0 Å². The van der Waals surface area contributed by atoms with Crippen LogP contribution in [0.1, 0.15) is 0 Å². The zero-order chi connectivity index (χ0) is 13.6. The maximum Gasteiger partial charge on any atom is 0.327 e. The van der Waals surface area contributed by atoms with Crippen molar-refractivity contribution in [2.45, 2.75) is 0 Å². The lowest BCUT2D eigenvalue weighted by Crippen LogP contribution is -2.21. The number of hydrogen-bond acceptors (Lipinski definition) is 4. The zero-order valence-corrected chi connectivity index (χ0v) is 10.3. The van der Waals surface area contributed by atoms with Crippen molar-refractivity contribution < 1.29 is 9.47 Å². The number of ether oxygens (including phenoxy) is 2. The Morgan fingerprint density at radius 3 is 2.32 bits per heavy atom. The molecule has 7 heteroatoms. The molecular formula is C12H11N3O4. The van der Waals surface area contributed by atoms with Crippen molar-refractivity contribution >= 4 is 21.9 Å². The maximum atomic E-state index is 11.9. The molecule has 98 valence electrons. The van der Waals surface area contributed by atoms with E-state index in [4.69, 9.17) is 9.47 Å². The molecule has 0 saturated heterocycles. The highest BCUT2D eigenvalue weighted by Crippen LogP contribution is 2.33. The minimum Gasteiger partial charge on any atom is -0.493 e. The summed E-state index contributed by atoms with van der Waals surface area (Å²) in [6, 6.07) is 3.41. The molecule has 3 N–H and O–H groups in total. The number of aromatic amines is 3. The van der Waals surface area contributed by atoms with Gasteiger partial charge in [-0.1, -0.05) is 0 Å². The highest BCUT2D eigenvalue weighted by Gasteiger charge is 2.13. The van der Waals surface area contributed by atoms with Gasteiger partial charge in [-0.3, -0.25) is 14.8 Å². The second kappa shape index (κ2) is 3.91. The lowest BCUT2D eigenvalue weighted by atomic mass is 10.2. The summed E-state index contributed by atoms with van der Waals surface area (Å²) in [6.07, 6.45) is 0. The first kappa shape index (κ1) is 11.4. The van der Waals surface area contributed by atoms with Gasteiger partial charge in [0.1, 0.15) is 5.65 Å². The average molecular weight is 261 g/mol. The molecule has 0 bridgehead atoms. The molecule has 1 aromatic carbocycles. The van der Waals surface area contributed by atoms with E-state index >= 15 is 0 Å². The molecule has 0 saturated carbocycles. The molecule has 0 aliphatic heterocycles. The minimum absolute atomic E-state index is 0.374. The van der Waals surface area contributed by atoms with Crippen molar-refractivity contribution in [3.8, 4) is 11.5 Å². The zero-order valence-electron chi connectivity index (χ0n) is 10.3. The first-order chi connectivity index (χ1) is 9.13. The van der Waals surface area contributed by atoms with Crippen LogP contribution in [-0.4, -0.2) is 29.2 Å². The topological polar surface area (TPSA) is 100.0 Å². The molecule has 0 amide bonds. The van der Waals surface area contributed by atoms with Crippen LogP contribution in [-0.2, 0) is 0 Å². The number of methoxy groups -OCH3 is 2. The van der Waals surface area contributed by atoms with Gasteiger partial charge in [-0.05, 0) is 6.07 Å². The Labute approximate surface area is 106 Å². The molecule has 2 heterocycles. The van der Waals surface area contributed by atoms with E-state index in [9.17, 15) is 9.59 Å². The number of nitrogens with one attached hydrogen (secondary N) is 3. The number of fused-ring (bicyclic) bond motifs is 3. The van der Waals surface area contributed by atoms with Crippen LogP contribution < -0.4 is 20.7 Å². The molecule has 0 spiro atoms. The molecule has 0 aliphatic rings. The summed E-state index contributed by atoms with van der Waals surface area (Å²) in [4.78, 5) is 30.8. The molecule has 7 nitrogen and oxygen atoms in total. The third-order valence-corrected chi connectivity index (χ3v) is 3.00. The fourth-order valence-corrected chi connectivity index (χ4v) is 2.16. The van der Waals surface area contributed by atoms with Gasteiger partial charge in [0.15, 0.2) is 11.5 Å². The molecule has 3 rings (SSSR count). The maximum absolute atomic E-state index is 11.9. The van der Waals surface area contributed by atoms with E-state index in [-0.39, 0.29) is 0 Å². The predicted molar refractivity (Wildman–Crippen MR) is 70.2 cm³/mol. The van der Waals surface area contributed by atoms with E-state index < -0.39 is 11.2 Å². The largest absolute Gasteiger partial charge is 0.493 e. The molecule has 0 fully saturated rings. The fourth-order valence-electron chi connectivity index (χ4n) is 2.16. The van der Waals surface area contributed by atoms with Gasteiger partial charge < -0.3 is 14.5 Å². The molecule has 2 aromatic heterocycles. The van der Waals surface area contributed by atoms with Gasteiger partial charge in [0.25, 0.3) is 5.56 Å². The van der Waals surface area contributed by atoms with Crippen LogP contribution in [0.5, 0.6) is 11.5 Å². The van der Waals surface area contributed by atoms with Crippen LogP contribution in [0.4, 0.5) is 0 Å². The Kier molecular flexibility index (Phi) is 2.34. The lowest BCUT2D eigenvalue weighted by Gasteiger charge is -2.06. The van der Waals surface area contributed by atoms with Crippen LogP contribution >= 0.6 is 0 Å². The van der Waals surface area contributed by atoms with Crippen LogP contribution in [0.15, 0.2) is 21.7 Å². The van der Waals surface area contributed by atoms with E-state index in [1.54, 1.807) is 12.1 Å². The molecular weight excluding hydrogens is 250 g/mol. The third kappa shape index (κ3) is 1.59. The molecule has 0 radical (unpaired) electrons. The van der Waals surface area contributed by atoms with E-state index in [2.05, 4.69) is 15.0 Å². The van der Waals surface area contributed by atoms with E-state index in [0.717, 1.165) is 0 Å². The normalized spacial score (nSPS) is 11.1. The summed E-state index contributed by atoms with van der Waals surface area (Å²) >= 11 is 0. The average Bonchev–Trinajstić information content (AvgIpc) is 2.73. The number of H-pyrrole nitrogens is 3. The van der Waals surface area contributed by atoms with Gasteiger partial charge in [0.2, 0.25) is 0 Å². The fraction of sp³-hybridized carbons (Fsp3) is 0.167. The van der Waals surface area contributed by atoms with Gasteiger partial charge in [0, 0.05) is 11.5 Å². The summed E-state index contributed by atoms with van der Waals surface area (Å²) in [5, 5.41) is 1.04. The summed E-state index contributed by atoms with van der Waals surface area (Å²) in [7, 11) is 3.05. The van der Waals surface area contributed by atoms with E-state index in [1.165, 1.54) is 14.2 Å². The van der Waals surface area contributed by atoms with Crippen molar-refractivity contribution in [3.63, 3.8) is 0 Å². The summed E-state index contributed by atoms with van der Waals surface area (Å²) in [5.41, 5.74) is 0.0549. The Morgan fingerprint density at radius 2 is 1.63 bits per heavy atom. The van der Waals surface area contributed by atoms with Crippen molar-refractivity contribution in [1.29, 1.82) is 0 Å². The number of hydrogen-bond donors (Lipinski definition) is 3. The first-order valence-corrected chi connectivity index (χ1v) is 5.54. The summed E-state index contributed by atoms with van der Waals surface area (Å²) in [5.74, 6) is 1.06. The van der Waals surface area contributed by atoms with Crippen LogP contribution in [0, 0.1) is 0 Å². The van der Waals surface area contributed by atoms with Gasteiger partial charge in [-0.15, -0.1) is 0 Å². The standard InChI is InChI=1S/C12H11N3O4/c1-18-7-3-5-6(4-8(7)19-2)13-10-9(5)11(16)15-12(17)14-10/h3-4H,1-2H3,(H3,13,14,15,16,17). The number of aromatic nitrogens is 3. The third-order valence-electron chi connectivity index (χ3n) is 3.00. The molecule has 3 aromatic rings. The monoisotopic (exact) mass is 261 g/mol. The highest BCUT2D eigenvalue weighted by molar-refractivity contribution is 6.06. The second-order valence-electron chi connectivity index (χ2n) is 4.04. The molecule has 0 atom stereocenters. The Bertz CT molecular complexity index is 887. The molecule has 19 heavy (non-hydrogen) atoms. The van der Waals surface area contributed by atoms with Crippen LogP contribution in [0.2, 0.25) is 0 Å². The van der Waals surface area contributed by atoms with Crippen LogP contribution in [0.25, 0.3) is 21.9 Å². The van der Waals surface area contributed by atoms with Crippen molar-refractivity contribution in [2.75, 3.05) is 14.2 Å². The van der Waals surface area contributed by atoms with E-state index in [0.29, 0.717) is 33.4 Å². The van der Waals surface area contributed by atoms with Gasteiger partial charge in [0.05, 0.1) is 25.1 Å². The quantitative estimate of drug-likeness (QED) is 0.632. The summed E-state index contributed by atoms with van der Waals surface area (Å²) in [6.45, 7) is 0. The Morgan fingerprint density at radius 1 is 0.947 bits per heavy atom. The second-order valence-corrected chi connectivity index (χ2v) is 4.04. The van der Waals surface area contributed by atoms with E-state index in [1.807, 2.05) is 0 Å². The summed E-state index contributed by atoms with van der Waals surface area (Å²) < 4.78 is 10.4. The molecule has 0 unspecified atom stereocenters. The highest BCUT2D eigenvalue weighted by atomic mass is 16.5. The number of benzene rings is 1. The van der Waals surface area contributed by atoms with Crippen molar-refractivity contribution in [1.82, 2.24) is 15.0 Å². The van der Waals surface area contributed by atoms with Gasteiger partial charge in [-0.2, -0.15) is 0 Å². The van der Waals surface area contributed by atoms with Gasteiger partial charge in [-0.25, -0.2) is 4.79 Å². The SMILES string of the molecule is COc1cc2[nH]c3[nH]c(=O)[nH]c(=O)c3c2cc1OC. The lowest BCUT2D eigenvalue weighted by molar-refractivity contribution is 0.356. The van der Waals surface area contributed by atoms with Gasteiger partial charge >= 0.3 is 5.69 Å². The smallest absolute Gasteiger partial charge is 0.327 e. The Hall–Kier alpha value is -2.70. The predicted octanol–water partition coefficient (Wildman–Crippen LogP) is 0.715. The first-order valence-electron chi connectivity index (χ1n) is 5.54. The molecule has 0 aliphatic carbocycles. The minimum atomic E-state index is -0.553. The number of rotatable bonds is 2. The Balaban J connectivity index is 2.52. The van der Waals surface area contributed by atoms with Crippen molar-refractivity contribution in [3.05, 3.63) is 33.0 Å². The van der Waals surface area contributed by atoms with Crippen molar-refractivity contribution in [2.24, 2.45) is 0 Å².